The predicted molar refractivity (Wildman–Crippen MR) is 138 cm³/mol. The molecule has 0 spiro atoms. The van der Waals surface area contributed by atoms with Crippen molar-refractivity contribution < 1.29 is 66.7 Å². The van der Waals surface area contributed by atoms with E-state index in [0.717, 1.165) is 40.8 Å². The van der Waals surface area contributed by atoms with Crippen molar-refractivity contribution in [2.24, 2.45) is 0 Å². The minimum absolute atomic E-state index is 0.0755. The Morgan fingerprint density at radius 2 is 1.40 bits per heavy atom. The van der Waals surface area contributed by atoms with Gasteiger partial charge in [-0.05, 0) is 76.7 Å². The molecule has 0 saturated heterocycles. The summed E-state index contributed by atoms with van der Waals surface area (Å²) in [6, 6.07) is 8.11. The van der Waals surface area contributed by atoms with Crippen molar-refractivity contribution in [3.05, 3.63) is 97.4 Å². The van der Waals surface area contributed by atoms with E-state index in [9.17, 15) is 62.3 Å². The molecule has 0 bridgehead atoms. The average Bonchev–Trinajstić information content (AvgIpc) is 2.92. The molecule has 1 amide bonds. The molecule has 45 heavy (non-hydrogen) atoms. The number of ketones is 1. The number of nitrogens with zero attached hydrogens (tertiary/aromatic N) is 1. The first kappa shape index (κ1) is 35.6. The van der Waals surface area contributed by atoms with E-state index >= 15 is 4.39 Å². The Labute approximate surface area is 257 Å². The zero-order valence-corrected chi connectivity index (χ0v) is 23.6. The van der Waals surface area contributed by atoms with E-state index in [4.69, 9.17) is 5.26 Å². The number of rotatable bonds is 7. The van der Waals surface area contributed by atoms with E-state index < -0.39 is 91.6 Å². The summed E-state index contributed by atoms with van der Waals surface area (Å²) in [7, 11) is 0. The van der Waals surface area contributed by atoms with Gasteiger partial charge in [0.25, 0.3) is 5.91 Å². The molecular weight excluding hydrogens is 758 g/mol. The number of hydrogen-bond acceptors (Lipinski definition) is 3. The zero-order valence-electron chi connectivity index (χ0n) is 21.5. The summed E-state index contributed by atoms with van der Waals surface area (Å²) in [4.78, 5) is 25.3. The summed E-state index contributed by atoms with van der Waals surface area (Å²) >= 11 is 0.781. The molecule has 3 rings (SSSR count). The van der Waals surface area contributed by atoms with Crippen LogP contribution in [0.5, 0.6) is 0 Å². The highest BCUT2D eigenvalue weighted by atomic mass is 127. The number of carbonyl (C=O) groups is 2. The van der Waals surface area contributed by atoms with E-state index in [1.807, 2.05) is 0 Å². The third-order valence-electron chi connectivity index (χ3n) is 6.24. The number of benzene rings is 3. The van der Waals surface area contributed by atoms with Gasteiger partial charge in [0.2, 0.25) is 0 Å². The first-order valence-electron chi connectivity index (χ1n) is 11.7. The fourth-order valence-electron chi connectivity index (χ4n) is 3.98. The number of carbonyl (C=O) groups excluding carboxylic acids is 2. The first-order valence-corrected chi connectivity index (χ1v) is 12.8. The molecular formula is C27H12F13IN2O2. The lowest BCUT2D eigenvalue weighted by Gasteiger charge is -2.36. The van der Waals surface area contributed by atoms with Crippen LogP contribution >= 0.6 is 22.6 Å². The molecule has 0 aliphatic rings. The molecule has 1 N–H and O–H groups in total. The molecule has 3 aromatic rings. The second kappa shape index (κ2) is 12.1. The van der Waals surface area contributed by atoms with Crippen LogP contribution in [0.2, 0.25) is 0 Å². The summed E-state index contributed by atoms with van der Waals surface area (Å²) in [5, 5.41) is 10.9. The van der Waals surface area contributed by atoms with E-state index in [1.165, 1.54) is 24.3 Å². The van der Waals surface area contributed by atoms with Crippen molar-refractivity contribution in [2.45, 2.75) is 36.5 Å². The Morgan fingerprint density at radius 3 is 1.89 bits per heavy atom. The number of halogens is 14. The summed E-state index contributed by atoms with van der Waals surface area (Å²) in [5.41, 5.74) is -14.6. The SMILES string of the molecule is N#Cc1ccc(C(=O)Nc2cccc(C(=O)Cc3c(I)cc(C(F)(C(F)(F)F)C(F)(F)C(F)(F)F)cc3C(F)(F)F)c2F)cc1. The van der Waals surface area contributed by atoms with Gasteiger partial charge in [-0.25, -0.2) is 8.78 Å². The second-order valence-electron chi connectivity index (χ2n) is 9.12. The van der Waals surface area contributed by atoms with Crippen LogP contribution in [0.4, 0.5) is 62.8 Å². The van der Waals surface area contributed by atoms with Crippen LogP contribution in [0, 0.1) is 20.7 Å². The van der Waals surface area contributed by atoms with Crippen LogP contribution in [0.25, 0.3) is 0 Å². The van der Waals surface area contributed by atoms with Crippen molar-refractivity contribution >= 4 is 40.0 Å². The predicted octanol–water partition coefficient (Wildman–Crippen LogP) is 8.92. The van der Waals surface area contributed by atoms with Gasteiger partial charge in [0.05, 0.1) is 28.4 Å². The molecule has 0 radical (unpaired) electrons. The highest BCUT2D eigenvalue weighted by Crippen LogP contribution is 2.59. The molecule has 0 saturated carbocycles. The van der Waals surface area contributed by atoms with E-state index in [0.29, 0.717) is 0 Å². The lowest BCUT2D eigenvalue weighted by atomic mass is 9.85. The largest absolute Gasteiger partial charge is 0.457 e. The maximum atomic E-state index is 15.2. The normalized spacial score (nSPS) is 14.0. The van der Waals surface area contributed by atoms with Gasteiger partial charge in [0.15, 0.2) is 11.6 Å². The van der Waals surface area contributed by atoms with Crippen LogP contribution in [-0.4, -0.2) is 30.0 Å². The smallest absolute Gasteiger partial charge is 0.319 e. The van der Waals surface area contributed by atoms with Crippen molar-refractivity contribution in [2.75, 3.05) is 5.32 Å². The number of hydrogen-bond donors (Lipinski definition) is 1. The summed E-state index contributed by atoms with van der Waals surface area (Å²) in [6.45, 7) is 0. The molecule has 0 aliphatic carbocycles. The fourth-order valence-corrected chi connectivity index (χ4v) is 4.79. The van der Waals surface area contributed by atoms with E-state index in [-0.39, 0.29) is 17.2 Å². The maximum absolute atomic E-state index is 15.2. The quantitative estimate of drug-likeness (QED) is 0.148. The molecule has 0 aliphatic heterocycles. The van der Waals surface area contributed by atoms with Gasteiger partial charge >= 0.3 is 30.1 Å². The van der Waals surface area contributed by atoms with Gasteiger partial charge in [-0.2, -0.15) is 53.6 Å². The number of alkyl halides is 12. The van der Waals surface area contributed by atoms with Crippen LogP contribution in [-0.2, 0) is 18.3 Å². The molecule has 0 heterocycles. The van der Waals surface area contributed by atoms with Crippen LogP contribution in [0.3, 0.4) is 0 Å². The molecule has 0 fully saturated rings. The van der Waals surface area contributed by atoms with Crippen molar-refractivity contribution in [1.29, 1.82) is 5.26 Å². The van der Waals surface area contributed by atoms with Crippen molar-refractivity contribution in [1.82, 2.24) is 0 Å². The fraction of sp³-hybridized carbons (Fsp3) is 0.222. The summed E-state index contributed by atoms with van der Waals surface area (Å²) in [5.74, 6) is -11.2. The van der Waals surface area contributed by atoms with Crippen molar-refractivity contribution in [3.63, 3.8) is 0 Å². The standard InChI is InChI=1S/C27H12F13IN2O2/c28-21-15(2-1-3-19(21)43-22(45)13-6-4-12(11-42)5-7-13)20(44)10-16-17(24(30,31)32)8-14(9-18(16)41)23(29,26(35,36)37)25(33,34)27(38,39)40/h1-9H,10H2,(H,43,45). The number of nitriles is 1. The Kier molecular flexibility index (Phi) is 9.60. The zero-order chi connectivity index (χ0) is 34.3. The number of nitrogens with one attached hydrogen (secondary N) is 1. The Morgan fingerprint density at radius 1 is 0.822 bits per heavy atom. The van der Waals surface area contributed by atoms with Gasteiger partial charge in [0.1, 0.15) is 0 Å². The third-order valence-corrected chi connectivity index (χ3v) is 7.20. The average molecular weight is 770 g/mol. The molecule has 18 heteroatoms. The Balaban J connectivity index is 2.07. The van der Waals surface area contributed by atoms with Gasteiger partial charge in [-0.1, -0.05) is 6.07 Å². The van der Waals surface area contributed by atoms with E-state index in [2.05, 4.69) is 5.32 Å². The van der Waals surface area contributed by atoms with Gasteiger partial charge in [-0.3, -0.25) is 9.59 Å². The van der Waals surface area contributed by atoms with Gasteiger partial charge in [0, 0.05) is 21.1 Å². The highest BCUT2D eigenvalue weighted by molar-refractivity contribution is 14.1. The number of Topliss-reactive ketones (excluding diaryl/α,β-unsaturated/α-hetero) is 1. The number of anilines is 1. The van der Waals surface area contributed by atoms with Gasteiger partial charge in [-0.15, -0.1) is 0 Å². The van der Waals surface area contributed by atoms with Crippen LogP contribution in [0.15, 0.2) is 54.6 Å². The second-order valence-corrected chi connectivity index (χ2v) is 10.3. The molecule has 1 atom stereocenters. The lowest BCUT2D eigenvalue weighted by Crippen LogP contribution is -2.59. The molecule has 3 aromatic carbocycles. The molecule has 0 aromatic heterocycles. The molecule has 240 valence electrons. The highest BCUT2D eigenvalue weighted by Gasteiger charge is 2.81. The first-order chi connectivity index (χ1) is 20.5. The molecule has 1 unspecified atom stereocenters. The number of amides is 1. The Hall–Kier alpha value is -3.89. The minimum Gasteiger partial charge on any atom is -0.319 e. The summed E-state index contributed by atoms with van der Waals surface area (Å²) < 4.78 is 177. The molecule has 4 nitrogen and oxygen atoms in total. The maximum Gasteiger partial charge on any atom is 0.457 e. The third kappa shape index (κ3) is 6.72. The van der Waals surface area contributed by atoms with Crippen LogP contribution in [0.1, 0.15) is 43.0 Å². The monoisotopic (exact) mass is 770 g/mol. The minimum atomic E-state index is -7.26. The van der Waals surface area contributed by atoms with Crippen molar-refractivity contribution in [3.8, 4) is 6.07 Å². The van der Waals surface area contributed by atoms with E-state index in [1.54, 1.807) is 6.07 Å². The lowest BCUT2D eigenvalue weighted by molar-refractivity contribution is -0.389. The Bertz CT molecular complexity index is 1670. The summed E-state index contributed by atoms with van der Waals surface area (Å²) in [6.07, 6.45) is -21.6. The van der Waals surface area contributed by atoms with Gasteiger partial charge < -0.3 is 5.32 Å². The topological polar surface area (TPSA) is 70.0 Å². The van der Waals surface area contributed by atoms with Crippen LogP contribution < -0.4 is 5.32 Å².